The fourth-order valence-electron chi connectivity index (χ4n) is 2.85. The van der Waals surface area contributed by atoms with Crippen molar-refractivity contribution < 1.29 is 45.6 Å². The van der Waals surface area contributed by atoms with Crippen molar-refractivity contribution in [3.63, 3.8) is 0 Å². The Bertz CT molecular complexity index is 819. The number of phenols is 2. The van der Waals surface area contributed by atoms with Gasteiger partial charge in [-0.1, -0.05) is 24.3 Å². The standard InChI is InChI=1S/C20H22O8.H2O/c21-10-16-17(24)18(25)19(26)20(28-16)27-15-8-12(7-14(23)9-15)2-1-11-3-5-13(22)6-4-11;/h1-9,16-26H,10H2;1H2/b2-1+;/t16-,17-,18+,19-,20-;/m1./s1. The van der Waals surface area contributed by atoms with E-state index in [0.29, 0.717) is 5.56 Å². The summed E-state index contributed by atoms with van der Waals surface area (Å²) in [7, 11) is 0. The van der Waals surface area contributed by atoms with Crippen molar-refractivity contribution in [3.05, 3.63) is 53.6 Å². The molecule has 1 aliphatic heterocycles. The third-order valence-electron chi connectivity index (χ3n) is 4.38. The van der Waals surface area contributed by atoms with Crippen LogP contribution in [0.1, 0.15) is 11.1 Å². The smallest absolute Gasteiger partial charge is 0.229 e. The molecule has 1 saturated heterocycles. The fraction of sp³-hybridized carbons (Fsp3) is 0.300. The van der Waals surface area contributed by atoms with Crippen LogP contribution in [-0.2, 0) is 4.74 Å². The van der Waals surface area contributed by atoms with Gasteiger partial charge in [-0.25, -0.2) is 0 Å². The lowest BCUT2D eigenvalue weighted by Crippen LogP contribution is -2.60. The van der Waals surface area contributed by atoms with Gasteiger partial charge < -0.3 is 45.6 Å². The van der Waals surface area contributed by atoms with E-state index in [1.807, 2.05) is 0 Å². The van der Waals surface area contributed by atoms with Gasteiger partial charge in [-0.3, -0.25) is 0 Å². The minimum absolute atomic E-state index is 0. The van der Waals surface area contributed by atoms with Gasteiger partial charge in [-0.2, -0.15) is 0 Å². The zero-order chi connectivity index (χ0) is 20.3. The lowest BCUT2D eigenvalue weighted by Gasteiger charge is -2.39. The van der Waals surface area contributed by atoms with Gasteiger partial charge in [0.1, 0.15) is 41.7 Å². The van der Waals surface area contributed by atoms with E-state index in [-0.39, 0.29) is 22.7 Å². The molecule has 0 bridgehead atoms. The van der Waals surface area contributed by atoms with Crippen LogP contribution in [-0.4, -0.2) is 73.4 Å². The van der Waals surface area contributed by atoms with Crippen LogP contribution >= 0.6 is 0 Å². The number of benzene rings is 2. The maximum Gasteiger partial charge on any atom is 0.229 e. The van der Waals surface area contributed by atoms with Crippen molar-refractivity contribution in [3.8, 4) is 17.2 Å². The summed E-state index contributed by atoms with van der Waals surface area (Å²) in [5.74, 6) is 0.229. The van der Waals surface area contributed by atoms with Gasteiger partial charge >= 0.3 is 0 Å². The van der Waals surface area contributed by atoms with Crippen LogP contribution in [0.3, 0.4) is 0 Å². The van der Waals surface area contributed by atoms with Crippen LogP contribution in [0.2, 0.25) is 0 Å². The van der Waals surface area contributed by atoms with Gasteiger partial charge in [0.15, 0.2) is 0 Å². The van der Waals surface area contributed by atoms with Gasteiger partial charge in [0.05, 0.1) is 6.61 Å². The summed E-state index contributed by atoms with van der Waals surface area (Å²) >= 11 is 0. The van der Waals surface area contributed by atoms with Crippen molar-refractivity contribution in [2.24, 2.45) is 0 Å². The minimum Gasteiger partial charge on any atom is -0.508 e. The van der Waals surface area contributed by atoms with E-state index in [2.05, 4.69) is 0 Å². The molecule has 9 nitrogen and oxygen atoms in total. The molecule has 2 aromatic carbocycles. The van der Waals surface area contributed by atoms with Crippen molar-refractivity contribution in [2.45, 2.75) is 30.7 Å². The van der Waals surface area contributed by atoms with Gasteiger partial charge in [-0.05, 0) is 35.4 Å². The molecule has 158 valence electrons. The van der Waals surface area contributed by atoms with Crippen molar-refractivity contribution in [1.29, 1.82) is 0 Å². The molecule has 0 spiro atoms. The molecule has 5 atom stereocenters. The first kappa shape index (κ1) is 22.6. The summed E-state index contributed by atoms with van der Waals surface area (Å²) in [5.41, 5.74) is 1.42. The Hall–Kier alpha value is -2.66. The summed E-state index contributed by atoms with van der Waals surface area (Å²) in [5, 5.41) is 58.2. The monoisotopic (exact) mass is 408 g/mol. The van der Waals surface area contributed by atoms with Crippen LogP contribution in [0.15, 0.2) is 42.5 Å². The Labute approximate surface area is 166 Å². The van der Waals surface area contributed by atoms with Gasteiger partial charge in [0, 0.05) is 6.07 Å². The molecule has 0 amide bonds. The zero-order valence-electron chi connectivity index (χ0n) is 15.3. The fourth-order valence-corrected chi connectivity index (χ4v) is 2.85. The van der Waals surface area contributed by atoms with Crippen LogP contribution in [0.4, 0.5) is 0 Å². The molecule has 0 aliphatic carbocycles. The number of aliphatic hydroxyl groups excluding tert-OH is 4. The Morgan fingerprint density at radius 3 is 2.14 bits per heavy atom. The molecular formula is C20H24O9. The largest absolute Gasteiger partial charge is 0.508 e. The lowest BCUT2D eigenvalue weighted by molar-refractivity contribution is -0.277. The van der Waals surface area contributed by atoms with E-state index < -0.39 is 37.3 Å². The molecule has 1 fully saturated rings. The predicted molar refractivity (Wildman–Crippen MR) is 103 cm³/mol. The second-order valence-electron chi connectivity index (χ2n) is 6.50. The molecule has 9 heteroatoms. The van der Waals surface area contributed by atoms with Crippen LogP contribution in [0.5, 0.6) is 17.2 Å². The molecule has 2 aromatic rings. The first-order valence-corrected chi connectivity index (χ1v) is 8.65. The lowest BCUT2D eigenvalue weighted by atomic mass is 9.99. The Balaban J connectivity index is 0.00000300. The number of aromatic hydroxyl groups is 2. The van der Waals surface area contributed by atoms with Crippen LogP contribution in [0.25, 0.3) is 12.2 Å². The summed E-state index contributed by atoms with van der Waals surface area (Å²) < 4.78 is 10.8. The van der Waals surface area contributed by atoms with Gasteiger partial charge in [0.2, 0.25) is 6.29 Å². The van der Waals surface area contributed by atoms with E-state index in [1.165, 1.54) is 12.1 Å². The SMILES string of the molecule is O.OC[C@H]1O[C@@H](Oc2cc(O)cc(/C=C/c3ccc(O)cc3)c2)[C@H](O)[C@@H](O)[C@@H]1O. The highest BCUT2D eigenvalue weighted by Crippen LogP contribution is 2.28. The molecule has 0 saturated carbocycles. The third kappa shape index (κ3) is 5.45. The molecular weight excluding hydrogens is 384 g/mol. The third-order valence-corrected chi connectivity index (χ3v) is 4.38. The number of hydrogen-bond donors (Lipinski definition) is 6. The minimum atomic E-state index is -1.55. The number of hydrogen-bond acceptors (Lipinski definition) is 8. The average Bonchev–Trinajstić information content (AvgIpc) is 2.67. The first-order chi connectivity index (χ1) is 13.4. The predicted octanol–water partition coefficient (Wildman–Crippen LogP) is -0.378. The molecule has 0 unspecified atom stereocenters. The highest BCUT2D eigenvalue weighted by Gasteiger charge is 2.44. The number of aliphatic hydroxyl groups is 4. The Morgan fingerprint density at radius 1 is 0.828 bits per heavy atom. The van der Waals surface area contributed by atoms with Gasteiger partial charge in [-0.15, -0.1) is 0 Å². The summed E-state index contributed by atoms with van der Waals surface area (Å²) in [6.07, 6.45) is -3.52. The van der Waals surface area contributed by atoms with Crippen LogP contribution < -0.4 is 4.74 Å². The van der Waals surface area contributed by atoms with Crippen molar-refractivity contribution >= 4 is 12.2 Å². The number of rotatable bonds is 5. The topological polar surface area (TPSA) is 171 Å². The normalized spacial score (nSPS) is 26.8. The van der Waals surface area contributed by atoms with Crippen LogP contribution in [0, 0.1) is 0 Å². The summed E-state index contributed by atoms with van der Waals surface area (Å²) in [4.78, 5) is 0. The van der Waals surface area contributed by atoms with Crippen molar-refractivity contribution in [2.75, 3.05) is 6.61 Å². The quantitative estimate of drug-likeness (QED) is 0.364. The first-order valence-electron chi connectivity index (χ1n) is 8.65. The van der Waals surface area contributed by atoms with E-state index in [9.17, 15) is 30.6 Å². The molecule has 0 radical (unpaired) electrons. The molecule has 8 N–H and O–H groups in total. The second-order valence-corrected chi connectivity index (χ2v) is 6.50. The summed E-state index contributed by atoms with van der Waals surface area (Å²) in [6.45, 7) is -0.564. The highest BCUT2D eigenvalue weighted by atomic mass is 16.7. The average molecular weight is 408 g/mol. The second kappa shape index (κ2) is 9.70. The molecule has 1 aliphatic rings. The molecule has 29 heavy (non-hydrogen) atoms. The number of phenolic OH excluding ortho intramolecular Hbond substituents is 2. The zero-order valence-corrected chi connectivity index (χ0v) is 15.3. The maximum atomic E-state index is 10.1. The number of ether oxygens (including phenoxy) is 2. The molecule has 3 rings (SSSR count). The highest BCUT2D eigenvalue weighted by molar-refractivity contribution is 5.71. The molecule has 1 heterocycles. The van der Waals surface area contributed by atoms with E-state index in [4.69, 9.17) is 9.47 Å². The Morgan fingerprint density at radius 2 is 1.48 bits per heavy atom. The van der Waals surface area contributed by atoms with E-state index in [0.717, 1.165) is 5.56 Å². The maximum absolute atomic E-state index is 10.1. The Kier molecular flexibility index (Phi) is 7.57. The summed E-state index contributed by atoms with van der Waals surface area (Å²) in [6, 6.07) is 10.9. The van der Waals surface area contributed by atoms with Crippen molar-refractivity contribution in [1.82, 2.24) is 0 Å². The van der Waals surface area contributed by atoms with E-state index >= 15 is 0 Å². The van der Waals surface area contributed by atoms with E-state index in [1.54, 1.807) is 42.5 Å². The molecule has 0 aromatic heterocycles. The van der Waals surface area contributed by atoms with Gasteiger partial charge in [0.25, 0.3) is 0 Å².